The number of hydrogen-bond donors (Lipinski definition) is 0. The van der Waals surface area contributed by atoms with E-state index in [0.29, 0.717) is 12.1 Å². The minimum Gasteiger partial charge on any atom is -0.347 e. The van der Waals surface area contributed by atoms with Crippen LogP contribution in [-0.2, 0) is 14.8 Å². The number of benzene rings is 1. The van der Waals surface area contributed by atoms with E-state index >= 15 is 0 Å². The Morgan fingerprint density at radius 2 is 1.90 bits per heavy atom. The minimum atomic E-state index is -3.54. The molecule has 5 nitrogen and oxygen atoms in total. The zero-order valence-corrected chi connectivity index (χ0v) is 13.4. The molecule has 20 heavy (non-hydrogen) atoms. The molecule has 0 N–H and O–H groups in total. The highest BCUT2D eigenvalue weighted by Crippen LogP contribution is 2.24. The van der Waals surface area contributed by atoms with Crippen LogP contribution in [0.15, 0.2) is 24.3 Å². The quantitative estimate of drug-likeness (QED) is 0.830. The number of carbonyl (C=O) groups is 1. The van der Waals surface area contributed by atoms with Crippen molar-refractivity contribution in [2.45, 2.75) is 26.3 Å². The van der Waals surface area contributed by atoms with Gasteiger partial charge in [-0.05, 0) is 31.0 Å². The van der Waals surface area contributed by atoms with E-state index in [0.717, 1.165) is 11.8 Å². The number of hydrogen-bond acceptors (Lipinski definition) is 3. The first-order valence-corrected chi connectivity index (χ1v) is 8.30. The molecule has 0 spiro atoms. The summed E-state index contributed by atoms with van der Waals surface area (Å²) in [6.45, 7) is 3.69. The second-order valence-corrected chi connectivity index (χ2v) is 6.91. The van der Waals surface area contributed by atoms with Gasteiger partial charge in [0.15, 0.2) is 0 Å². The molecule has 0 aliphatic rings. The van der Waals surface area contributed by atoms with Crippen LogP contribution in [0.3, 0.4) is 0 Å². The Morgan fingerprint density at radius 3 is 2.30 bits per heavy atom. The van der Waals surface area contributed by atoms with E-state index in [1.807, 2.05) is 13.0 Å². The zero-order chi connectivity index (χ0) is 15.5. The number of likely N-dealkylation sites (N-methyl/N-ethyl adjacent to an activating group) is 1. The van der Waals surface area contributed by atoms with Crippen molar-refractivity contribution < 1.29 is 13.2 Å². The molecule has 0 fully saturated rings. The largest absolute Gasteiger partial charge is 0.347 e. The molecule has 0 heterocycles. The van der Waals surface area contributed by atoms with E-state index in [9.17, 15) is 13.2 Å². The van der Waals surface area contributed by atoms with Crippen molar-refractivity contribution in [2.24, 2.45) is 0 Å². The second kappa shape index (κ2) is 6.26. The Hall–Kier alpha value is -1.56. The van der Waals surface area contributed by atoms with E-state index in [1.54, 1.807) is 39.2 Å². The van der Waals surface area contributed by atoms with Crippen molar-refractivity contribution in [3.05, 3.63) is 29.8 Å². The van der Waals surface area contributed by atoms with E-state index in [-0.39, 0.29) is 5.91 Å². The highest BCUT2D eigenvalue weighted by atomic mass is 32.2. The van der Waals surface area contributed by atoms with Crippen LogP contribution >= 0.6 is 0 Å². The van der Waals surface area contributed by atoms with Gasteiger partial charge in [-0.25, -0.2) is 8.42 Å². The monoisotopic (exact) mass is 298 g/mol. The predicted octanol–water partition coefficient (Wildman–Crippen LogP) is 1.63. The molecule has 0 aromatic heterocycles. The van der Waals surface area contributed by atoms with Crippen LogP contribution in [0.1, 0.15) is 18.9 Å². The lowest BCUT2D eigenvalue weighted by Crippen LogP contribution is -2.48. The number of aryl methyl sites for hydroxylation is 1. The molecule has 6 heteroatoms. The number of amides is 1. The number of nitrogens with zero attached hydrogens (tertiary/aromatic N) is 2. The third-order valence-electron chi connectivity index (χ3n) is 3.01. The number of carbonyl (C=O) groups excluding carboxylic acids is 1. The van der Waals surface area contributed by atoms with Crippen molar-refractivity contribution >= 4 is 21.6 Å². The summed E-state index contributed by atoms with van der Waals surface area (Å²) in [5, 5.41) is 0. The molecule has 1 amide bonds. The van der Waals surface area contributed by atoms with Crippen LogP contribution < -0.4 is 4.31 Å². The lowest BCUT2D eigenvalue weighted by Gasteiger charge is -2.31. The number of rotatable bonds is 5. The Labute approximate surface area is 121 Å². The molecule has 0 radical (unpaired) electrons. The first kappa shape index (κ1) is 16.5. The molecule has 112 valence electrons. The average Bonchev–Trinajstić information content (AvgIpc) is 2.33. The van der Waals surface area contributed by atoms with Crippen LogP contribution in [0, 0.1) is 6.92 Å². The van der Waals surface area contributed by atoms with E-state index < -0.39 is 16.1 Å². The maximum absolute atomic E-state index is 12.2. The average molecular weight is 298 g/mol. The molecule has 0 aliphatic carbocycles. The molecular weight excluding hydrogens is 276 g/mol. The van der Waals surface area contributed by atoms with E-state index in [4.69, 9.17) is 0 Å². The smallest absolute Gasteiger partial charge is 0.245 e. The van der Waals surface area contributed by atoms with Crippen molar-refractivity contribution in [2.75, 3.05) is 24.7 Å². The third kappa shape index (κ3) is 3.72. The summed E-state index contributed by atoms with van der Waals surface area (Å²) in [6, 6.07) is 6.43. The van der Waals surface area contributed by atoms with E-state index in [2.05, 4.69) is 0 Å². The standard InChI is InChI=1S/C14H22N2O3S/c1-6-13(14(17)15(3)4)16(20(5,18)19)12-9-7-8-11(2)10-12/h7-10,13H,6H2,1-5H3. The maximum Gasteiger partial charge on any atom is 0.245 e. The summed E-state index contributed by atoms with van der Waals surface area (Å²) in [5.74, 6) is -0.223. The molecule has 0 saturated heterocycles. The third-order valence-corrected chi connectivity index (χ3v) is 4.19. The summed E-state index contributed by atoms with van der Waals surface area (Å²) < 4.78 is 25.5. The Balaban J connectivity index is 3.36. The summed E-state index contributed by atoms with van der Waals surface area (Å²) in [6.07, 6.45) is 1.54. The lowest BCUT2D eigenvalue weighted by molar-refractivity contribution is -0.129. The van der Waals surface area contributed by atoms with Gasteiger partial charge in [0.2, 0.25) is 15.9 Å². The van der Waals surface area contributed by atoms with Gasteiger partial charge in [-0.1, -0.05) is 19.1 Å². The summed E-state index contributed by atoms with van der Waals surface area (Å²) >= 11 is 0. The van der Waals surface area contributed by atoms with Gasteiger partial charge < -0.3 is 4.90 Å². The molecule has 0 saturated carbocycles. The van der Waals surface area contributed by atoms with Crippen molar-refractivity contribution in [3.8, 4) is 0 Å². The van der Waals surface area contributed by atoms with Gasteiger partial charge in [0.1, 0.15) is 6.04 Å². The molecule has 1 aromatic rings. The predicted molar refractivity (Wildman–Crippen MR) is 81.3 cm³/mol. The lowest BCUT2D eigenvalue weighted by atomic mass is 10.1. The Bertz CT molecular complexity index is 582. The summed E-state index contributed by atoms with van der Waals surface area (Å²) in [5.41, 5.74) is 1.47. The van der Waals surface area contributed by atoms with Crippen LogP contribution in [-0.4, -0.2) is 45.6 Å². The highest BCUT2D eigenvalue weighted by molar-refractivity contribution is 7.92. The SMILES string of the molecule is CCC(C(=O)N(C)C)N(c1cccc(C)c1)S(C)(=O)=O. The fourth-order valence-corrected chi connectivity index (χ4v) is 3.30. The molecule has 1 atom stereocenters. The van der Waals surface area contributed by atoms with Crippen molar-refractivity contribution in [1.82, 2.24) is 4.90 Å². The fourth-order valence-electron chi connectivity index (χ4n) is 2.11. The summed E-state index contributed by atoms with van der Waals surface area (Å²) in [7, 11) is -0.285. The first-order valence-electron chi connectivity index (χ1n) is 6.45. The van der Waals surface area contributed by atoms with Gasteiger partial charge in [-0.15, -0.1) is 0 Å². The highest BCUT2D eigenvalue weighted by Gasteiger charge is 2.32. The molecule has 0 aliphatic heterocycles. The van der Waals surface area contributed by atoms with Crippen molar-refractivity contribution in [1.29, 1.82) is 0 Å². The maximum atomic E-state index is 12.2. The van der Waals surface area contributed by atoms with Gasteiger partial charge in [-0.3, -0.25) is 9.10 Å². The topological polar surface area (TPSA) is 57.7 Å². The Morgan fingerprint density at radius 1 is 1.30 bits per heavy atom. The van der Waals surface area contributed by atoms with Gasteiger partial charge in [-0.2, -0.15) is 0 Å². The second-order valence-electron chi connectivity index (χ2n) is 5.05. The summed E-state index contributed by atoms with van der Waals surface area (Å²) in [4.78, 5) is 13.7. The normalized spacial score (nSPS) is 12.8. The molecule has 0 bridgehead atoms. The zero-order valence-electron chi connectivity index (χ0n) is 12.6. The molecule has 1 unspecified atom stereocenters. The minimum absolute atomic E-state index is 0.223. The van der Waals surface area contributed by atoms with E-state index in [1.165, 1.54) is 9.21 Å². The van der Waals surface area contributed by atoms with Crippen LogP contribution in [0.5, 0.6) is 0 Å². The van der Waals surface area contributed by atoms with Crippen LogP contribution in [0.25, 0.3) is 0 Å². The van der Waals surface area contributed by atoms with Gasteiger partial charge in [0.05, 0.1) is 11.9 Å². The van der Waals surface area contributed by atoms with Gasteiger partial charge in [0, 0.05) is 14.1 Å². The van der Waals surface area contributed by atoms with Crippen molar-refractivity contribution in [3.63, 3.8) is 0 Å². The molecular formula is C14H22N2O3S. The Kier molecular flexibility index (Phi) is 5.16. The van der Waals surface area contributed by atoms with Gasteiger partial charge in [0.25, 0.3) is 0 Å². The van der Waals surface area contributed by atoms with Gasteiger partial charge >= 0.3 is 0 Å². The molecule has 1 rings (SSSR count). The van der Waals surface area contributed by atoms with Crippen LogP contribution in [0.4, 0.5) is 5.69 Å². The number of anilines is 1. The first-order chi connectivity index (χ1) is 9.18. The molecule has 1 aromatic carbocycles. The number of sulfonamides is 1. The van der Waals surface area contributed by atoms with Crippen LogP contribution in [0.2, 0.25) is 0 Å². The fraction of sp³-hybridized carbons (Fsp3) is 0.500.